The Labute approximate surface area is 209 Å². The zero-order chi connectivity index (χ0) is 25.3. The standard InChI is InChI=1S/C24H32N10O2/c1-15-9-27-34(12-15)21-6-5-18(10-25-21)11-26-22(35)24(36-4)13-33(14-24)23-28-16(2)7-19(30-23)29-20-8-17(3)31-32-20/h5-7,9-10,12,17,20,31-32H,8,11,13-14H2,1-4H3,(H,26,35)(H,28,29,30). The lowest BCUT2D eigenvalue weighted by Gasteiger charge is -2.47. The second kappa shape index (κ2) is 9.80. The summed E-state index contributed by atoms with van der Waals surface area (Å²) >= 11 is 0. The number of aryl methyl sites for hydroxylation is 2. The van der Waals surface area contributed by atoms with Gasteiger partial charge in [-0.25, -0.2) is 20.1 Å². The van der Waals surface area contributed by atoms with Crippen LogP contribution in [0.3, 0.4) is 0 Å². The van der Waals surface area contributed by atoms with E-state index in [2.05, 4.69) is 48.5 Å². The first-order valence-electron chi connectivity index (χ1n) is 12.0. The van der Waals surface area contributed by atoms with Crippen LogP contribution in [0, 0.1) is 13.8 Å². The van der Waals surface area contributed by atoms with Gasteiger partial charge in [-0.05, 0) is 44.4 Å². The van der Waals surface area contributed by atoms with Crippen LogP contribution < -0.4 is 26.4 Å². The van der Waals surface area contributed by atoms with Crippen LogP contribution in [-0.4, -0.2) is 68.6 Å². The number of ether oxygens (including phenoxy) is 1. The van der Waals surface area contributed by atoms with Gasteiger partial charge in [0, 0.05) is 43.9 Å². The summed E-state index contributed by atoms with van der Waals surface area (Å²) in [4.78, 5) is 28.7. The number of hydrazine groups is 1. The Bertz CT molecular complexity index is 1220. The molecule has 1 amide bonds. The van der Waals surface area contributed by atoms with Crippen LogP contribution in [0.4, 0.5) is 11.8 Å². The number of carbonyl (C=O) groups is 1. The molecule has 5 heterocycles. The van der Waals surface area contributed by atoms with Crippen molar-refractivity contribution in [2.45, 2.75) is 51.5 Å². The minimum atomic E-state index is -0.951. The largest absolute Gasteiger partial charge is 0.365 e. The molecule has 0 saturated carbocycles. The Morgan fingerprint density at radius 2 is 2.06 bits per heavy atom. The van der Waals surface area contributed by atoms with Gasteiger partial charge in [0.05, 0.1) is 25.5 Å². The number of nitrogens with one attached hydrogen (secondary N) is 4. The van der Waals surface area contributed by atoms with Gasteiger partial charge in [0.2, 0.25) is 5.95 Å². The Balaban J connectivity index is 1.18. The topological polar surface area (TPSA) is 134 Å². The van der Waals surface area contributed by atoms with Crippen molar-refractivity contribution in [1.82, 2.24) is 40.9 Å². The molecule has 3 aromatic rings. The summed E-state index contributed by atoms with van der Waals surface area (Å²) in [5, 5.41) is 10.6. The molecule has 3 aromatic heterocycles. The highest BCUT2D eigenvalue weighted by molar-refractivity contribution is 5.88. The van der Waals surface area contributed by atoms with Gasteiger partial charge in [0.15, 0.2) is 11.4 Å². The van der Waals surface area contributed by atoms with Crippen LogP contribution in [0.2, 0.25) is 0 Å². The molecule has 5 rings (SSSR count). The van der Waals surface area contributed by atoms with Gasteiger partial charge in [-0.2, -0.15) is 10.1 Å². The molecule has 2 atom stereocenters. The third-order valence-electron chi connectivity index (χ3n) is 6.45. The number of amides is 1. The van der Waals surface area contributed by atoms with E-state index < -0.39 is 5.60 Å². The van der Waals surface area contributed by atoms with Crippen LogP contribution >= 0.6 is 0 Å². The summed E-state index contributed by atoms with van der Waals surface area (Å²) in [5.74, 6) is 1.87. The smallest absolute Gasteiger partial charge is 0.256 e. The van der Waals surface area contributed by atoms with Crippen molar-refractivity contribution in [3.8, 4) is 5.82 Å². The first-order chi connectivity index (χ1) is 17.3. The van der Waals surface area contributed by atoms with Crippen LogP contribution in [0.15, 0.2) is 36.8 Å². The molecule has 190 valence electrons. The van der Waals surface area contributed by atoms with Crippen molar-refractivity contribution in [3.05, 3.63) is 53.6 Å². The molecule has 4 N–H and O–H groups in total. The van der Waals surface area contributed by atoms with Crippen LogP contribution in [-0.2, 0) is 16.1 Å². The number of pyridine rings is 1. The van der Waals surface area contributed by atoms with E-state index in [0.29, 0.717) is 31.6 Å². The third kappa shape index (κ3) is 5.01. The van der Waals surface area contributed by atoms with Gasteiger partial charge in [0.25, 0.3) is 5.91 Å². The van der Waals surface area contributed by atoms with Gasteiger partial charge in [-0.3, -0.25) is 10.2 Å². The monoisotopic (exact) mass is 492 g/mol. The summed E-state index contributed by atoms with van der Waals surface area (Å²) in [6.07, 6.45) is 6.47. The number of nitrogens with zero attached hydrogens (tertiary/aromatic N) is 6. The van der Waals surface area contributed by atoms with Crippen molar-refractivity contribution in [1.29, 1.82) is 0 Å². The lowest BCUT2D eigenvalue weighted by molar-refractivity contribution is -0.146. The number of rotatable bonds is 8. The average molecular weight is 493 g/mol. The quantitative estimate of drug-likeness (QED) is 0.358. The lowest BCUT2D eigenvalue weighted by Crippen LogP contribution is -2.70. The zero-order valence-electron chi connectivity index (χ0n) is 20.9. The van der Waals surface area contributed by atoms with E-state index in [0.717, 1.165) is 34.9 Å². The maximum atomic E-state index is 13.0. The van der Waals surface area contributed by atoms with E-state index in [-0.39, 0.29) is 12.1 Å². The number of hydrogen-bond donors (Lipinski definition) is 4. The highest BCUT2D eigenvalue weighted by atomic mass is 16.5. The minimum absolute atomic E-state index is 0.0922. The molecule has 0 aromatic carbocycles. The van der Waals surface area contributed by atoms with E-state index in [1.54, 1.807) is 24.2 Å². The normalized spacial score (nSPS) is 20.7. The summed E-state index contributed by atoms with van der Waals surface area (Å²) < 4.78 is 7.38. The van der Waals surface area contributed by atoms with E-state index >= 15 is 0 Å². The molecule has 2 fully saturated rings. The average Bonchev–Trinajstić information content (AvgIpc) is 3.45. The molecule has 2 unspecified atom stereocenters. The number of anilines is 2. The van der Waals surface area contributed by atoms with Gasteiger partial charge in [0.1, 0.15) is 5.82 Å². The molecule has 2 aliphatic rings. The van der Waals surface area contributed by atoms with Crippen LogP contribution in [0.5, 0.6) is 0 Å². The Morgan fingerprint density at radius 3 is 2.69 bits per heavy atom. The van der Waals surface area contributed by atoms with Gasteiger partial charge in [-0.15, -0.1) is 0 Å². The zero-order valence-corrected chi connectivity index (χ0v) is 20.9. The molecule has 0 bridgehead atoms. The Hall–Kier alpha value is -3.61. The molecule has 2 saturated heterocycles. The molecular weight excluding hydrogens is 460 g/mol. The molecule has 36 heavy (non-hydrogen) atoms. The fourth-order valence-corrected chi connectivity index (χ4v) is 4.37. The molecule has 12 heteroatoms. The lowest BCUT2D eigenvalue weighted by atomic mass is 9.93. The van der Waals surface area contributed by atoms with Gasteiger partial charge in [-0.1, -0.05) is 6.07 Å². The van der Waals surface area contributed by atoms with E-state index in [1.165, 1.54) is 0 Å². The molecule has 0 radical (unpaired) electrons. The van der Waals surface area contributed by atoms with Crippen LogP contribution in [0.1, 0.15) is 30.2 Å². The van der Waals surface area contributed by atoms with Crippen molar-refractivity contribution >= 4 is 17.7 Å². The van der Waals surface area contributed by atoms with Crippen molar-refractivity contribution in [2.24, 2.45) is 0 Å². The second-order valence-corrected chi connectivity index (χ2v) is 9.54. The second-order valence-electron chi connectivity index (χ2n) is 9.54. The molecular formula is C24H32N10O2. The maximum absolute atomic E-state index is 13.0. The highest BCUT2D eigenvalue weighted by Crippen LogP contribution is 2.29. The molecule has 12 nitrogen and oxygen atoms in total. The fourth-order valence-electron chi connectivity index (χ4n) is 4.37. The predicted molar refractivity (Wildman–Crippen MR) is 134 cm³/mol. The number of methoxy groups -OCH3 is 1. The number of carbonyl (C=O) groups excluding carboxylic acids is 1. The van der Waals surface area contributed by atoms with Crippen molar-refractivity contribution < 1.29 is 9.53 Å². The van der Waals surface area contributed by atoms with Gasteiger partial charge < -0.3 is 20.3 Å². The fraction of sp³-hybridized carbons (Fsp3) is 0.458. The highest BCUT2D eigenvalue weighted by Gasteiger charge is 2.51. The molecule has 2 aliphatic heterocycles. The molecule has 0 aliphatic carbocycles. The van der Waals surface area contributed by atoms with Crippen LogP contribution in [0.25, 0.3) is 5.82 Å². The number of aromatic nitrogens is 5. The summed E-state index contributed by atoms with van der Waals surface area (Å²) in [5.41, 5.74) is 8.26. The Morgan fingerprint density at radius 1 is 1.22 bits per heavy atom. The maximum Gasteiger partial charge on any atom is 0.256 e. The third-order valence-corrected chi connectivity index (χ3v) is 6.45. The predicted octanol–water partition coefficient (Wildman–Crippen LogP) is 0.820. The van der Waals surface area contributed by atoms with E-state index in [1.807, 2.05) is 43.1 Å². The summed E-state index contributed by atoms with van der Waals surface area (Å²) in [7, 11) is 1.56. The van der Waals surface area contributed by atoms with Gasteiger partial charge >= 0.3 is 0 Å². The molecule has 0 spiro atoms. The van der Waals surface area contributed by atoms with E-state index in [9.17, 15) is 4.79 Å². The first-order valence-corrected chi connectivity index (χ1v) is 12.0. The van der Waals surface area contributed by atoms with E-state index in [4.69, 9.17) is 4.74 Å². The minimum Gasteiger partial charge on any atom is -0.365 e. The Kier molecular flexibility index (Phi) is 6.56. The van der Waals surface area contributed by atoms with Crippen molar-refractivity contribution in [2.75, 3.05) is 30.4 Å². The SMILES string of the molecule is COC1(C(=O)NCc2ccc(-n3cc(C)cn3)nc2)CN(c2nc(C)cc(NC3CC(C)NN3)n2)C1. The first kappa shape index (κ1) is 24.1. The van der Waals surface area contributed by atoms with Crippen molar-refractivity contribution in [3.63, 3.8) is 0 Å². The number of hydrogen-bond acceptors (Lipinski definition) is 10. The summed E-state index contributed by atoms with van der Waals surface area (Å²) in [6.45, 7) is 7.12. The summed E-state index contributed by atoms with van der Waals surface area (Å²) in [6, 6.07) is 6.10.